The third kappa shape index (κ3) is 6.07. The summed E-state index contributed by atoms with van der Waals surface area (Å²) in [6.45, 7) is 7.69. The first-order valence-electron chi connectivity index (χ1n) is 8.87. The number of ether oxygens (including phenoxy) is 3. The molecule has 0 saturated carbocycles. The predicted molar refractivity (Wildman–Crippen MR) is 103 cm³/mol. The highest BCUT2D eigenvalue weighted by molar-refractivity contribution is 5.51. The molecule has 0 fully saturated rings. The topological polar surface area (TPSA) is 30.9 Å². The minimum absolute atomic E-state index is 0.326. The zero-order valence-electron chi connectivity index (χ0n) is 15.5. The van der Waals surface area contributed by atoms with E-state index in [-0.39, 0.29) is 0 Å². The molecule has 0 radical (unpaired) electrons. The van der Waals surface area contributed by atoms with Crippen LogP contribution in [0.2, 0.25) is 0 Å². The van der Waals surface area contributed by atoms with Crippen molar-refractivity contribution in [2.45, 2.75) is 19.9 Å². The zero-order chi connectivity index (χ0) is 17.9. The van der Waals surface area contributed by atoms with Gasteiger partial charge in [-0.1, -0.05) is 30.3 Å². The van der Waals surface area contributed by atoms with Crippen molar-refractivity contribution in [2.75, 3.05) is 45.0 Å². The largest absolute Gasteiger partial charge is 0.491 e. The minimum Gasteiger partial charge on any atom is -0.491 e. The van der Waals surface area contributed by atoms with Gasteiger partial charge >= 0.3 is 0 Å². The molecule has 0 aliphatic heterocycles. The van der Waals surface area contributed by atoms with Crippen molar-refractivity contribution in [3.05, 3.63) is 60.2 Å². The SMILES string of the molecule is CCN(c1ccc(OCCOCCOC)cc1)C(C)c1ccccc1. The maximum atomic E-state index is 5.72. The van der Waals surface area contributed by atoms with E-state index in [1.54, 1.807) is 7.11 Å². The molecule has 0 spiro atoms. The third-order valence-electron chi connectivity index (χ3n) is 4.19. The van der Waals surface area contributed by atoms with E-state index in [4.69, 9.17) is 14.2 Å². The molecule has 2 aromatic rings. The van der Waals surface area contributed by atoms with Crippen LogP contribution >= 0.6 is 0 Å². The summed E-state index contributed by atoms with van der Waals surface area (Å²) in [6.07, 6.45) is 0. The van der Waals surface area contributed by atoms with Gasteiger partial charge in [0.2, 0.25) is 0 Å². The number of rotatable bonds is 11. The highest BCUT2D eigenvalue weighted by Crippen LogP contribution is 2.28. The van der Waals surface area contributed by atoms with Crippen LogP contribution in [0.25, 0.3) is 0 Å². The van der Waals surface area contributed by atoms with Crippen molar-refractivity contribution in [1.29, 1.82) is 0 Å². The first-order valence-corrected chi connectivity index (χ1v) is 8.87. The average molecular weight is 343 g/mol. The highest BCUT2D eigenvalue weighted by atomic mass is 16.5. The molecule has 136 valence electrons. The van der Waals surface area contributed by atoms with Crippen molar-refractivity contribution >= 4 is 5.69 Å². The van der Waals surface area contributed by atoms with Crippen LogP contribution in [-0.2, 0) is 9.47 Å². The highest BCUT2D eigenvalue weighted by Gasteiger charge is 2.14. The van der Waals surface area contributed by atoms with Gasteiger partial charge in [-0.3, -0.25) is 0 Å². The summed E-state index contributed by atoms with van der Waals surface area (Å²) in [7, 11) is 1.67. The zero-order valence-corrected chi connectivity index (χ0v) is 15.5. The summed E-state index contributed by atoms with van der Waals surface area (Å²) in [4.78, 5) is 2.38. The van der Waals surface area contributed by atoms with Gasteiger partial charge in [-0.2, -0.15) is 0 Å². The average Bonchev–Trinajstić information content (AvgIpc) is 2.67. The fraction of sp³-hybridized carbons (Fsp3) is 0.429. The van der Waals surface area contributed by atoms with Gasteiger partial charge in [-0.05, 0) is 43.7 Å². The van der Waals surface area contributed by atoms with Gasteiger partial charge in [-0.25, -0.2) is 0 Å². The molecule has 2 rings (SSSR count). The van der Waals surface area contributed by atoms with Crippen LogP contribution in [0.15, 0.2) is 54.6 Å². The Hall–Kier alpha value is -2.04. The van der Waals surface area contributed by atoms with Crippen LogP contribution in [0.1, 0.15) is 25.5 Å². The van der Waals surface area contributed by atoms with Crippen LogP contribution in [0, 0.1) is 0 Å². The predicted octanol–water partition coefficient (Wildman–Crippen LogP) is 4.32. The van der Waals surface area contributed by atoms with Gasteiger partial charge in [0.25, 0.3) is 0 Å². The Morgan fingerprint density at radius 2 is 1.56 bits per heavy atom. The van der Waals surface area contributed by atoms with E-state index >= 15 is 0 Å². The summed E-state index contributed by atoms with van der Waals surface area (Å²) in [6, 6.07) is 19.2. The van der Waals surface area contributed by atoms with E-state index < -0.39 is 0 Å². The fourth-order valence-electron chi connectivity index (χ4n) is 2.79. The fourth-order valence-corrected chi connectivity index (χ4v) is 2.79. The molecule has 0 aliphatic carbocycles. The number of benzene rings is 2. The summed E-state index contributed by atoms with van der Waals surface area (Å²) in [5.74, 6) is 0.863. The lowest BCUT2D eigenvalue weighted by molar-refractivity contribution is 0.0544. The Labute approximate surface area is 151 Å². The Kier molecular flexibility index (Phi) is 8.29. The summed E-state index contributed by atoms with van der Waals surface area (Å²) in [5.41, 5.74) is 2.51. The molecular formula is C21H29NO3. The maximum Gasteiger partial charge on any atom is 0.119 e. The lowest BCUT2D eigenvalue weighted by atomic mass is 10.1. The maximum absolute atomic E-state index is 5.72. The van der Waals surface area contributed by atoms with Crippen LogP contribution in [0.4, 0.5) is 5.69 Å². The standard InChI is InChI=1S/C21H29NO3/c1-4-22(18(2)19-8-6-5-7-9-19)20-10-12-21(13-11-20)25-17-16-24-15-14-23-3/h5-13,18H,4,14-17H2,1-3H3. The third-order valence-corrected chi connectivity index (χ3v) is 4.19. The van der Waals surface area contributed by atoms with Gasteiger partial charge in [0.15, 0.2) is 0 Å². The van der Waals surface area contributed by atoms with E-state index in [9.17, 15) is 0 Å². The lowest BCUT2D eigenvalue weighted by Crippen LogP contribution is -2.26. The van der Waals surface area contributed by atoms with Crippen LogP contribution in [-0.4, -0.2) is 40.1 Å². The minimum atomic E-state index is 0.326. The van der Waals surface area contributed by atoms with Crippen molar-refractivity contribution < 1.29 is 14.2 Å². The molecule has 0 amide bonds. The molecule has 1 atom stereocenters. The second-order valence-electron chi connectivity index (χ2n) is 5.82. The molecule has 4 nitrogen and oxygen atoms in total. The van der Waals surface area contributed by atoms with E-state index in [0.29, 0.717) is 32.5 Å². The van der Waals surface area contributed by atoms with Crippen molar-refractivity contribution in [2.24, 2.45) is 0 Å². The summed E-state index contributed by atoms with van der Waals surface area (Å²) in [5, 5.41) is 0. The number of methoxy groups -OCH3 is 1. The molecule has 0 saturated heterocycles. The Morgan fingerprint density at radius 3 is 2.20 bits per heavy atom. The van der Waals surface area contributed by atoms with E-state index in [2.05, 4.69) is 61.2 Å². The molecule has 2 aromatic carbocycles. The van der Waals surface area contributed by atoms with Gasteiger partial charge in [0, 0.05) is 19.3 Å². The van der Waals surface area contributed by atoms with Crippen molar-refractivity contribution in [3.63, 3.8) is 0 Å². The van der Waals surface area contributed by atoms with Crippen LogP contribution in [0.5, 0.6) is 5.75 Å². The molecule has 25 heavy (non-hydrogen) atoms. The van der Waals surface area contributed by atoms with E-state index in [1.165, 1.54) is 11.3 Å². The van der Waals surface area contributed by atoms with Gasteiger partial charge in [0.05, 0.1) is 25.9 Å². The molecule has 0 heterocycles. The van der Waals surface area contributed by atoms with E-state index in [1.807, 2.05) is 12.1 Å². The summed E-state index contributed by atoms with van der Waals surface area (Å²) >= 11 is 0. The first-order chi connectivity index (χ1) is 12.3. The molecule has 0 aliphatic rings. The van der Waals surface area contributed by atoms with Crippen molar-refractivity contribution in [1.82, 2.24) is 0 Å². The Morgan fingerprint density at radius 1 is 0.880 bits per heavy atom. The number of nitrogens with zero attached hydrogens (tertiary/aromatic N) is 1. The van der Waals surface area contributed by atoms with Gasteiger partial charge in [0.1, 0.15) is 12.4 Å². The van der Waals surface area contributed by atoms with Crippen LogP contribution < -0.4 is 9.64 Å². The van der Waals surface area contributed by atoms with Gasteiger partial charge < -0.3 is 19.1 Å². The molecule has 0 bridgehead atoms. The number of hydrogen-bond acceptors (Lipinski definition) is 4. The van der Waals surface area contributed by atoms with Gasteiger partial charge in [-0.15, -0.1) is 0 Å². The number of hydrogen-bond donors (Lipinski definition) is 0. The molecule has 0 N–H and O–H groups in total. The smallest absolute Gasteiger partial charge is 0.119 e. The summed E-state index contributed by atoms with van der Waals surface area (Å²) < 4.78 is 16.0. The molecule has 1 unspecified atom stereocenters. The first kappa shape index (κ1) is 19.3. The number of anilines is 1. The molecule has 4 heteroatoms. The van der Waals surface area contributed by atoms with Crippen LogP contribution in [0.3, 0.4) is 0 Å². The Bertz CT molecular complexity index is 586. The quantitative estimate of drug-likeness (QED) is 0.569. The molecule has 0 aromatic heterocycles. The normalized spacial score (nSPS) is 12.0. The Balaban J connectivity index is 1.89. The molecular weight excluding hydrogens is 314 g/mol. The second kappa shape index (κ2) is 10.7. The van der Waals surface area contributed by atoms with Crippen molar-refractivity contribution in [3.8, 4) is 5.75 Å². The monoisotopic (exact) mass is 343 g/mol. The second-order valence-corrected chi connectivity index (χ2v) is 5.82. The van der Waals surface area contributed by atoms with E-state index in [0.717, 1.165) is 12.3 Å². The lowest BCUT2D eigenvalue weighted by Gasteiger charge is -2.30.